The summed E-state index contributed by atoms with van der Waals surface area (Å²) >= 11 is 0. The Bertz CT molecular complexity index is 502. The Hall–Kier alpha value is -2.45. The van der Waals surface area contributed by atoms with Gasteiger partial charge in [-0.05, 0) is 24.3 Å². The fourth-order valence-corrected chi connectivity index (χ4v) is 1.35. The van der Waals surface area contributed by atoms with Crippen molar-refractivity contribution in [2.45, 2.75) is 12.8 Å². The maximum absolute atomic E-state index is 12.0. The van der Waals surface area contributed by atoms with Crippen LogP contribution in [-0.4, -0.2) is 36.7 Å². The number of halogens is 3. The maximum Gasteiger partial charge on any atom is 0.573 e. The van der Waals surface area contributed by atoms with Gasteiger partial charge in [-0.2, -0.15) is 0 Å². The largest absolute Gasteiger partial charge is 0.573 e. The molecule has 4 N–H and O–H groups in total. The van der Waals surface area contributed by atoms with Gasteiger partial charge >= 0.3 is 12.4 Å². The Morgan fingerprint density at radius 2 is 1.95 bits per heavy atom. The average molecular weight is 304 g/mol. The zero-order valence-electron chi connectivity index (χ0n) is 11.2. The molecule has 0 radical (unpaired) electrons. The summed E-state index contributed by atoms with van der Waals surface area (Å²) in [6.45, 7) is 0.260. The second-order valence-electron chi connectivity index (χ2n) is 4.20. The van der Waals surface area contributed by atoms with Crippen LogP contribution in [-0.2, 0) is 0 Å². The highest BCUT2D eigenvalue weighted by Gasteiger charge is 2.30. The first kappa shape index (κ1) is 16.6. The summed E-state index contributed by atoms with van der Waals surface area (Å²) in [4.78, 5) is 13.0. The van der Waals surface area contributed by atoms with Crippen molar-refractivity contribution < 1.29 is 22.7 Å². The van der Waals surface area contributed by atoms with Crippen LogP contribution in [0.25, 0.3) is 0 Å². The van der Waals surface area contributed by atoms with Crippen molar-refractivity contribution >= 4 is 17.6 Å². The zero-order chi connectivity index (χ0) is 16.0. The molecule has 1 aromatic carbocycles. The topological polar surface area (TPSA) is 91.4 Å². The molecular weight excluding hydrogens is 289 g/mol. The molecule has 0 aliphatic heterocycles. The van der Waals surface area contributed by atoms with E-state index in [0.717, 1.165) is 12.1 Å². The highest BCUT2D eigenvalue weighted by molar-refractivity contribution is 5.89. The van der Waals surface area contributed by atoms with Crippen molar-refractivity contribution in [3.63, 3.8) is 0 Å². The van der Waals surface area contributed by atoms with Crippen LogP contribution >= 0.6 is 0 Å². The molecule has 0 saturated carbocycles. The summed E-state index contributed by atoms with van der Waals surface area (Å²) < 4.78 is 39.7. The Morgan fingerprint density at radius 3 is 2.43 bits per heavy atom. The fourth-order valence-electron chi connectivity index (χ4n) is 1.35. The Labute approximate surface area is 119 Å². The Balaban J connectivity index is 2.55. The number of anilines is 1. The molecule has 0 aliphatic carbocycles. The monoisotopic (exact) mass is 304 g/mol. The highest BCUT2D eigenvalue weighted by atomic mass is 19.4. The molecule has 0 saturated heterocycles. The molecule has 116 valence electrons. The number of hydrogen-bond donors (Lipinski definition) is 3. The minimum Gasteiger partial charge on any atom is -0.406 e. The van der Waals surface area contributed by atoms with Crippen molar-refractivity contribution in [3.05, 3.63) is 24.3 Å². The van der Waals surface area contributed by atoms with Crippen LogP contribution in [0.5, 0.6) is 5.75 Å². The van der Waals surface area contributed by atoms with Crippen LogP contribution in [0.4, 0.5) is 23.7 Å². The van der Waals surface area contributed by atoms with Gasteiger partial charge in [0.05, 0.1) is 5.84 Å². The van der Waals surface area contributed by atoms with Gasteiger partial charge in [0.1, 0.15) is 5.75 Å². The summed E-state index contributed by atoms with van der Waals surface area (Å²) in [6.07, 6.45) is -4.51. The van der Waals surface area contributed by atoms with E-state index in [1.165, 1.54) is 24.1 Å². The summed E-state index contributed by atoms with van der Waals surface area (Å²) in [5.74, 6) is -0.409. The third-order valence-electron chi connectivity index (χ3n) is 2.40. The molecule has 0 fully saturated rings. The number of nitrogens with two attached hydrogens (primary N) is 1. The Morgan fingerprint density at radius 1 is 1.38 bits per heavy atom. The molecule has 21 heavy (non-hydrogen) atoms. The van der Waals surface area contributed by atoms with E-state index in [2.05, 4.69) is 10.1 Å². The molecule has 0 bridgehead atoms. The lowest BCUT2D eigenvalue weighted by Gasteiger charge is -2.17. The van der Waals surface area contributed by atoms with Crippen molar-refractivity contribution in [2.24, 2.45) is 5.73 Å². The van der Waals surface area contributed by atoms with Crippen LogP contribution in [0.3, 0.4) is 0 Å². The third kappa shape index (κ3) is 6.50. The molecule has 1 aromatic rings. The normalized spacial score (nSPS) is 10.9. The second kappa shape index (κ2) is 6.82. The number of ether oxygens (including phenoxy) is 1. The van der Waals surface area contributed by atoms with E-state index in [-0.39, 0.29) is 24.6 Å². The number of carbonyl (C=O) groups excluding carboxylic acids is 1. The smallest absolute Gasteiger partial charge is 0.406 e. The van der Waals surface area contributed by atoms with E-state index >= 15 is 0 Å². The number of carbonyl (C=O) groups is 1. The first-order chi connectivity index (χ1) is 9.67. The van der Waals surface area contributed by atoms with Crippen LogP contribution in [0.2, 0.25) is 0 Å². The quantitative estimate of drug-likeness (QED) is 0.576. The summed E-state index contributed by atoms with van der Waals surface area (Å²) in [5, 5.41) is 9.55. The molecule has 0 heterocycles. The average Bonchev–Trinajstić information content (AvgIpc) is 2.36. The number of urea groups is 1. The van der Waals surface area contributed by atoms with Crippen LogP contribution in [0.1, 0.15) is 6.42 Å². The third-order valence-corrected chi connectivity index (χ3v) is 2.40. The lowest BCUT2D eigenvalue weighted by atomic mass is 10.3. The number of rotatable bonds is 5. The van der Waals surface area contributed by atoms with Gasteiger partial charge in [-0.1, -0.05) is 0 Å². The van der Waals surface area contributed by atoms with Gasteiger partial charge in [0.25, 0.3) is 0 Å². The number of amidine groups is 1. The van der Waals surface area contributed by atoms with E-state index in [9.17, 15) is 18.0 Å². The minimum atomic E-state index is -4.75. The number of amides is 2. The van der Waals surface area contributed by atoms with Crippen molar-refractivity contribution in [3.8, 4) is 5.75 Å². The molecule has 9 heteroatoms. The molecule has 1 rings (SSSR count). The molecule has 0 atom stereocenters. The van der Waals surface area contributed by atoms with E-state index in [1.54, 1.807) is 0 Å². The number of hydrogen-bond acceptors (Lipinski definition) is 3. The molecule has 2 amide bonds. The standard InChI is InChI=1S/C12H15F3N4O2/c1-19(7-6-10(16)17)11(20)18-8-2-4-9(5-3-8)21-12(13,14)15/h2-5H,6-7H2,1H3,(H3,16,17)(H,18,20). The first-order valence-corrected chi connectivity index (χ1v) is 5.88. The number of alkyl halides is 3. The van der Waals surface area contributed by atoms with E-state index in [1.807, 2.05) is 0 Å². The SMILES string of the molecule is CN(CCC(=N)N)C(=O)Nc1ccc(OC(F)(F)F)cc1. The Kier molecular flexibility index (Phi) is 5.39. The van der Waals surface area contributed by atoms with Crippen LogP contribution in [0.15, 0.2) is 24.3 Å². The van der Waals surface area contributed by atoms with Crippen LogP contribution in [0, 0.1) is 5.41 Å². The maximum atomic E-state index is 12.0. The molecular formula is C12H15F3N4O2. The van der Waals surface area contributed by atoms with Gasteiger partial charge in [-0.3, -0.25) is 5.41 Å². The van der Waals surface area contributed by atoms with Crippen LogP contribution < -0.4 is 15.8 Å². The van der Waals surface area contributed by atoms with Gasteiger partial charge in [-0.25, -0.2) is 4.79 Å². The predicted octanol–water partition coefficient (Wildman–Crippen LogP) is 2.37. The molecule has 0 unspecified atom stereocenters. The van der Waals surface area contributed by atoms with Gasteiger partial charge in [0.15, 0.2) is 0 Å². The zero-order valence-corrected chi connectivity index (χ0v) is 11.2. The molecule has 6 nitrogen and oxygen atoms in total. The summed E-state index contributed by atoms with van der Waals surface area (Å²) in [7, 11) is 1.51. The summed E-state index contributed by atoms with van der Waals surface area (Å²) in [6, 6.07) is 4.31. The lowest BCUT2D eigenvalue weighted by molar-refractivity contribution is -0.274. The number of nitrogens with one attached hydrogen (secondary N) is 2. The minimum absolute atomic E-state index is 0.0386. The van der Waals surface area contributed by atoms with Gasteiger partial charge in [0.2, 0.25) is 0 Å². The van der Waals surface area contributed by atoms with Crippen molar-refractivity contribution in [1.29, 1.82) is 5.41 Å². The van der Waals surface area contributed by atoms with Gasteiger partial charge < -0.3 is 20.7 Å². The van der Waals surface area contributed by atoms with E-state index < -0.39 is 12.4 Å². The first-order valence-electron chi connectivity index (χ1n) is 5.88. The summed E-state index contributed by atoms with van der Waals surface area (Å²) in [5.41, 5.74) is 5.50. The fraction of sp³-hybridized carbons (Fsp3) is 0.333. The van der Waals surface area contributed by atoms with Gasteiger partial charge in [0, 0.05) is 25.7 Å². The van der Waals surface area contributed by atoms with Gasteiger partial charge in [-0.15, -0.1) is 13.2 Å². The van der Waals surface area contributed by atoms with E-state index in [0.29, 0.717) is 5.69 Å². The molecule has 0 spiro atoms. The lowest BCUT2D eigenvalue weighted by Crippen LogP contribution is -2.33. The molecule has 0 aromatic heterocycles. The predicted molar refractivity (Wildman–Crippen MR) is 71.3 cm³/mol. The van der Waals surface area contributed by atoms with E-state index in [4.69, 9.17) is 11.1 Å². The molecule has 0 aliphatic rings. The highest BCUT2D eigenvalue weighted by Crippen LogP contribution is 2.23. The van der Waals surface area contributed by atoms with Crippen molar-refractivity contribution in [1.82, 2.24) is 4.90 Å². The number of benzene rings is 1. The second-order valence-corrected chi connectivity index (χ2v) is 4.20. The van der Waals surface area contributed by atoms with Crippen molar-refractivity contribution in [2.75, 3.05) is 18.9 Å². The number of nitrogens with zero attached hydrogens (tertiary/aromatic N) is 1.